The van der Waals surface area contributed by atoms with Crippen molar-refractivity contribution in [2.45, 2.75) is 12.5 Å². The number of carbonyl (C=O) groups is 2. The minimum Gasteiger partial charge on any atom is -0.478 e. The van der Waals surface area contributed by atoms with E-state index in [2.05, 4.69) is 4.74 Å². The van der Waals surface area contributed by atoms with E-state index in [4.69, 9.17) is 14.9 Å². The highest BCUT2D eigenvalue weighted by molar-refractivity contribution is 5.86. The van der Waals surface area contributed by atoms with Crippen molar-refractivity contribution in [3.8, 4) is 0 Å². The normalized spacial score (nSPS) is 20.9. The molecular weight excluding hydrogens is 180 g/mol. The molecule has 0 aliphatic carbocycles. The van der Waals surface area contributed by atoms with Crippen LogP contribution in [0.4, 0.5) is 4.79 Å². The smallest absolute Gasteiger partial charge is 0.478 e. The molecule has 0 radical (unpaired) electrons. The highest BCUT2D eigenvalue weighted by atomic mass is 16.7. The Labute approximate surface area is 73.4 Å². The maximum Gasteiger partial charge on any atom is 0.510 e. The molecule has 6 heteroatoms. The molecule has 1 atom stereocenters. The lowest BCUT2D eigenvalue weighted by Gasteiger charge is -1.97. The zero-order valence-electron chi connectivity index (χ0n) is 6.60. The molecule has 1 unspecified atom stereocenters. The first kappa shape index (κ1) is 9.53. The Kier molecular flexibility index (Phi) is 2.86. The Balaban J connectivity index is 2.48. The van der Waals surface area contributed by atoms with Crippen molar-refractivity contribution in [3.63, 3.8) is 0 Å². The molecular formula is C7H8O6. The minimum atomic E-state index is -1.53. The topological polar surface area (TPSA) is 96.4 Å². The van der Waals surface area contributed by atoms with Crippen LogP contribution in [-0.4, -0.2) is 35.0 Å². The summed E-state index contributed by atoms with van der Waals surface area (Å²) in [6.07, 6.45) is -0.759. The first-order chi connectivity index (χ1) is 6.09. The van der Waals surface area contributed by atoms with Gasteiger partial charge >= 0.3 is 12.1 Å². The molecule has 6 nitrogen and oxygen atoms in total. The Morgan fingerprint density at radius 1 is 1.54 bits per heavy atom. The van der Waals surface area contributed by atoms with E-state index in [0.717, 1.165) is 0 Å². The summed E-state index contributed by atoms with van der Waals surface area (Å²) >= 11 is 0. The lowest BCUT2D eigenvalue weighted by atomic mass is 10.2. The second-order valence-corrected chi connectivity index (χ2v) is 2.49. The fraction of sp³-hybridized carbons (Fsp3) is 0.429. The highest BCUT2D eigenvalue weighted by Crippen LogP contribution is 2.19. The molecule has 13 heavy (non-hydrogen) atoms. The maximum atomic E-state index is 10.5. The van der Waals surface area contributed by atoms with E-state index < -0.39 is 12.1 Å². The molecule has 1 rings (SSSR count). The molecule has 0 spiro atoms. The second-order valence-electron chi connectivity index (χ2n) is 2.49. The van der Waals surface area contributed by atoms with E-state index >= 15 is 0 Å². The van der Waals surface area contributed by atoms with Crippen LogP contribution in [0.3, 0.4) is 0 Å². The lowest BCUT2D eigenvalue weighted by Crippen LogP contribution is -2.05. The number of carboxylic acids is 1. The summed E-state index contributed by atoms with van der Waals surface area (Å²) in [4.78, 5) is 20.4. The van der Waals surface area contributed by atoms with Gasteiger partial charge in [0.25, 0.3) is 0 Å². The van der Waals surface area contributed by atoms with E-state index in [1.54, 1.807) is 0 Å². The van der Waals surface area contributed by atoms with Crippen LogP contribution >= 0.6 is 0 Å². The van der Waals surface area contributed by atoms with Crippen molar-refractivity contribution in [2.24, 2.45) is 0 Å². The molecule has 0 amide bonds. The summed E-state index contributed by atoms with van der Waals surface area (Å²) in [7, 11) is 0. The number of hydrogen-bond donors (Lipinski definition) is 2. The molecule has 72 valence electrons. The van der Waals surface area contributed by atoms with Gasteiger partial charge in [-0.05, 0) is 0 Å². The van der Waals surface area contributed by atoms with Gasteiger partial charge in [0.1, 0.15) is 6.26 Å². The van der Waals surface area contributed by atoms with Crippen LogP contribution in [0.5, 0.6) is 0 Å². The monoisotopic (exact) mass is 188 g/mol. The van der Waals surface area contributed by atoms with Gasteiger partial charge in [-0.3, -0.25) is 0 Å². The van der Waals surface area contributed by atoms with E-state index in [1.807, 2.05) is 0 Å². The average molecular weight is 188 g/mol. The van der Waals surface area contributed by atoms with Crippen LogP contribution < -0.4 is 0 Å². The largest absolute Gasteiger partial charge is 0.510 e. The maximum absolute atomic E-state index is 10.5. The number of ether oxygens (including phenoxy) is 2. The number of epoxide rings is 1. The van der Waals surface area contributed by atoms with Gasteiger partial charge in [0.05, 0.1) is 18.3 Å². The van der Waals surface area contributed by atoms with Gasteiger partial charge in [0.2, 0.25) is 0 Å². The SMILES string of the molecule is O=C(O)OC=C(CC1CO1)C(=O)O. The van der Waals surface area contributed by atoms with Crippen molar-refractivity contribution in [1.29, 1.82) is 0 Å². The summed E-state index contributed by atoms with van der Waals surface area (Å²) in [5.74, 6) is -1.20. The third-order valence-corrected chi connectivity index (χ3v) is 1.43. The molecule has 0 aromatic rings. The van der Waals surface area contributed by atoms with Gasteiger partial charge in [-0.25, -0.2) is 9.59 Å². The van der Waals surface area contributed by atoms with Crippen LogP contribution in [0, 0.1) is 0 Å². The molecule has 1 aliphatic heterocycles. The summed E-state index contributed by atoms with van der Waals surface area (Å²) in [5.41, 5.74) is -0.107. The molecule has 0 saturated carbocycles. The van der Waals surface area contributed by atoms with Crippen molar-refractivity contribution in [2.75, 3.05) is 6.61 Å². The zero-order valence-corrected chi connectivity index (χ0v) is 6.60. The lowest BCUT2D eigenvalue weighted by molar-refractivity contribution is -0.133. The average Bonchev–Trinajstić information content (AvgIpc) is 2.80. The Morgan fingerprint density at radius 3 is 2.54 bits per heavy atom. The molecule has 1 heterocycles. The number of aliphatic carboxylic acids is 1. The van der Waals surface area contributed by atoms with Crippen molar-refractivity contribution in [1.82, 2.24) is 0 Å². The molecule has 1 fully saturated rings. The summed E-state index contributed by atoms with van der Waals surface area (Å²) in [6, 6.07) is 0. The van der Waals surface area contributed by atoms with Gasteiger partial charge in [0.15, 0.2) is 0 Å². The highest BCUT2D eigenvalue weighted by Gasteiger charge is 2.26. The summed E-state index contributed by atoms with van der Waals surface area (Å²) in [6.45, 7) is 0.512. The minimum absolute atomic E-state index is 0.107. The Hall–Kier alpha value is -1.56. The molecule has 1 saturated heterocycles. The first-order valence-corrected chi connectivity index (χ1v) is 3.53. The quantitative estimate of drug-likeness (QED) is 0.287. The van der Waals surface area contributed by atoms with E-state index in [-0.39, 0.29) is 18.1 Å². The van der Waals surface area contributed by atoms with Crippen LogP contribution in [0.1, 0.15) is 6.42 Å². The van der Waals surface area contributed by atoms with Crippen LogP contribution in [0.2, 0.25) is 0 Å². The Bertz CT molecular complexity index is 252. The first-order valence-electron chi connectivity index (χ1n) is 3.53. The summed E-state index contributed by atoms with van der Waals surface area (Å²) in [5, 5.41) is 16.7. The molecule has 2 N–H and O–H groups in total. The molecule has 1 aliphatic rings. The predicted octanol–water partition coefficient (Wildman–Crippen LogP) is 0.438. The number of hydrogen-bond acceptors (Lipinski definition) is 4. The fourth-order valence-corrected chi connectivity index (χ4v) is 0.739. The van der Waals surface area contributed by atoms with Crippen LogP contribution in [-0.2, 0) is 14.3 Å². The van der Waals surface area contributed by atoms with Gasteiger partial charge in [-0.1, -0.05) is 0 Å². The van der Waals surface area contributed by atoms with Gasteiger partial charge < -0.3 is 19.7 Å². The Morgan fingerprint density at radius 2 is 2.15 bits per heavy atom. The van der Waals surface area contributed by atoms with Crippen molar-refractivity contribution < 1.29 is 29.3 Å². The second kappa shape index (κ2) is 3.90. The fourth-order valence-electron chi connectivity index (χ4n) is 0.739. The van der Waals surface area contributed by atoms with E-state index in [1.165, 1.54) is 0 Å². The van der Waals surface area contributed by atoms with E-state index in [0.29, 0.717) is 12.9 Å². The molecule has 0 aromatic carbocycles. The molecule has 0 aromatic heterocycles. The number of rotatable bonds is 4. The van der Waals surface area contributed by atoms with Crippen LogP contribution in [0.15, 0.2) is 11.8 Å². The number of carboxylic acid groups (broad SMARTS) is 2. The predicted molar refractivity (Wildman–Crippen MR) is 39.2 cm³/mol. The third-order valence-electron chi connectivity index (χ3n) is 1.43. The third kappa shape index (κ3) is 3.57. The van der Waals surface area contributed by atoms with Crippen LogP contribution in [0.25, 0.3) is 0 Å². The standard InChI is InChI=1S/C7H8O6/c8-6(9)4(1-5-3-12-5)2-13-7(10)11/h2,5H,1,3H2,(H,8,9)(H,10,11). The van der Waals surface area contributed by atoms with Gasteiger partial charge in [-0.15, -0.1) is 0 Å². The van der Waals surface area contributed by atoms with E-state index in [9.17, 15) is 9.59 Å². The van der Waals surface area contributed by atoms with Gasteiger partial charge in [0, 0.05) is 6.42 Å². The van der Waals surface area contributed by atoms with Gasteiger partial charge in [-0.2, -0.15) is 0 Å². The molecule has 0 bridgehead atoms. The van der Waals surface area contributed by atoms with Crippen molar-refractivity contribution in [3.05, 3.63) is 11.8 Å². The summed E-state index contributed by atoms with van der Waals surface area (Å²) < 4.78 is 8.80. The van der Waals surface area contributed by atoms with Crippen molar-refractivity contribution >= 4 is 12.1 Å². The zero-order chi connectivity index (χ0) is 9.84.